The smallest absolute Gasteiger partial charge is 0.306 e. The standard InChI is InChI=1S/C54H91NO8/c1-6-8-10-12-14-16-18-20-21-22-23-24-25-26-27-28-29-30-31-33-34-36-38-40-42-44-51(56)61-48-50(49-62-54(53(58)59)60-47-46-55(3,4)5)63-52(57)45-43-41-39-37-35-32-19-17-15-13-11-9-7-2/h9,11,15,17-18,20,22-23,25-26,32,35,39,41,50,54H,6-8,10,12-14,16,19,21,24,27-31,33-34,36-38,40,42-49H2,1-5H3/b11-9-,17-15-,20-18-,23-22-,26-25-,35-32-,41-39-. The van der Waals surface area contributed by atoms with Gasteiger partial charge in [-0.3, -0.25) is 9.59 Å². The highest BCUT2D eigenvalue weighted by molar-refractivity contribution is 5.70. The van der Waals surface area contributed by atoms with Gasteiger partial charge in [-0.15, -0.1) is 0 Å². The number of ether oxygens (including phenoxy) is 4. The van der Waals surface area contributed by atoms with E-state index in [4.69, 9.17) is 18.9 Å². The van der Waals surface area contributed by atoms with Crippen LogP contribution in [0.5, 0.6) is 0 Å². The molecule has 0 aliphatic heterocycles. The topological polar surface area (TPSA) is 111 Å². The molecule has 63 heavy (non-hydrogen) atoms. The third-order valence-electron chi connectivity index (χ3n) is 10.1. The van der Waals surface area contributed by atoms with E-state index in [-0.39, 0.29) is 38.6 Å². The van der Waals surface area contributed by atoms with Crippen LogP contribution in [-0.2, 0) is 33.3 Å². The van der Waals surface area contributed by atoms with Crippen molar-refractivity contribution in [1.29, 1.82) is 0 Å². The largest absolute Gasteiger partial charge is 0.545 e. The van der Waals surface area contributed by atoms with Gasteiger partial charge in [-0.05, 0) is 77.0 Å². The molecule has 0 aromatic heterocycles. The van der Waals surface area contributed by atoms with Gasteiger partial charge in [0.15, 0.2) is 12.4 Å². The first-order chi connectivity index (χ1) is 30.6. The van der Waals surface area contributed by atoms with Crippen LogP contribution in [0.4, 0.5) is 0 Å². The molecule has 0 aromatic rings. The number of carbonyl (C=O) groups is 3. The van der Waals surface area contributed by atoms with Crippen molar-refractivity contribution in [1.82, 2.24) is 0 Å². The van der Waals surface area contributed by atoms with Crippen LogP contribution in [0, 0.1) is 0 Å². The van der Waals surface area contributed by atoms with Gasteiger partial charge in [-0.25, -0.2) is 0 Å². The molecule has 0 saturated carbocycles. The van der Waals surface area contributed by atoms with Crippen LogP contribution >= 0.6 is 0 Å². The minimum Gasteiger partial charge on any atom is -0.545 e. The first-order valence-electron chi connectivity index (χ1n) is 24.7. The molecule has 9 nitrogen and oxygen atoms in total. The number of unbranched alkanes of at least 4 members (excludes halogenated alkanes) is 15. The van der Waals surface area contributed by atoms with Crippen LogP contribution < -0.4 is 5.11 Å². The SMILES string of the molecule is CC/C=C\C/C=C\C/C=C\C/C=C\CCC(=O)OC(COC(=O)CCCCCCCCCCCC/C=C\C/C=C\C/C=C\CCCCCCC)COC(OCC[N+](C)(C)C)C(=O)[O-]. The zero-order valence-electron chi connectivity index (χ0n) is 40.7. The van der Waals surface area contributed by atoms with Crippen molar-refractivity contribution < 1.29 is 42.9 Å². The monoisotopic (exact) mass is 882 g/mol. The molecule has 0 heterocycles. The normalized spacial score (nSPS) is 13.6. The minimum atomic E-state index is -1.64. The molecular weight excluding hydrogens is 791 g/mol. The van der Waals surface area contributed by atoms with Crippen LogP contribution in [0.15, 0.2) is 85.1 Å². The summed E-state index contributed by atoms with van der Waals surface area (Å²) in [5.41, 5.74) is 0. The van der Waals surface area contributed by atoms with Gasteiger partial charge in [0.1, 0.15) is 13.2 Å². The number of esters is 2. The summed E-state index contributed by atoms with van der Waals surface area (Å²) in [4.78, 5) is 37.0. The van der Waals surface area contributed by atoms with Crippen molar-refractivity contribution in [2.45, 2.75) is 193 Å². The summed E-state index contributed by atoms with van der Waals surface area (Å²) in [5.74, 6) is -2.41. The fraction of sp³-hybridized carbons (Fsp3) is 0.685. The lowest BCUT2D eigenvalue weighted by Crippen LogP contribution is -2.44. The molecule has 0 N–H and O–H groups in total. The average molecular weight is 882 g/mol. The van der Waals surface area contributed by atoms with Gasteiger partial charge in [0.05, 0.1) is 40.3 Å². The summed E-state index contributed by atoms with van der Waals surface area (Å²) >= 11 is 0. The van der Waals surface area contributed by atoms with Gasteiger partial charge in [-0.2, -0.15) is 0 Å². The summed E-state index contributed by atoms with van der Waals surface area (Å²) in [6, 6.07) is 0. The second-order valence-corrected chi connectivity index (χ2v) is 17.4. The number of nitrogens with zero attached hydrogens (tertiary/aromatic N) is 1. The number of hydrogen-bond donors (Lipinski definition) is 0. The molecule has 0 aromatic carbocycles. The van der Waals surface area contributed by atoms with Crippen molar-refractivity contribution in [2.75, 3.05) is 47.5 Å². The lowest BCUT2D eigenvalue weighted by molar-refractivity contribution is -0.870. The summed E-state index contributed by atoms with van der Waals surface area (Å²) in [6.07, 6.45) is 55.0. The van der Waals surface area contributed by atoms with E-state index in [1.807, 2.05) is 33.3 Å². The van der Waals surface area contributed by atoms with Gasteiger partial charge >= 0.3 is 11.9 Å². The van der Waals surface area contributed by atoms with Crippen LogP contribution in [0.3, 0.4) is 0 Å². The molecule has 0 rings (SSSR count). The molecule has 0 aliphatic carbocycles. The third kappa shape index (κ3) is 46.3. The molecule has 9 heteroatoms. The van der Waals surface area contributed by atoms with Gasteiger partial charge in [0, 0.05) is 12.8 Å². The fourth-order valence-corrected chi connectivity index (χ4v) is 6.32. The van der Waals surface area contributed by atoms with Crippen molar-refractivity contribution in [3.8, 4) is 0 Å². The molecule has 360 valence electrons. The summed E-state index contributed by atoms with van der Waals surface area (Å²) < 4.78 is 22.5. The minimum absolute atomic E-state index is 0.122. The maximum absolute atomic E-state index is 12.7. The molecule has 2 unspecified atom stereocenters. The number of likely N-dealkylation sites (N-methyl/N-ethyl adjacent to an activating group) is 1. The number of carboxylic acids is 1. The Bertz CT molecular complexity index is 1300. The van der Waals surface area contributed by atoms with Crippen LogP contribution in [0.25, 0.3) is 0 Å². The number of quaternary nitrogens is 1. The average Bonchev–Trinajstić information content (AvgIpc) is 3.24. The van der Waals surface area contributed by atoms with Gasteiger partial charge in [0.25, 0.3) is 0 Å². The van der Waals surface area contributed by atoms with Gasteiger partial charge in [-0.1, -0.05) is 176 Å². The van der Waals surface area contributed by atoms with Crippen molar-refractivity contribution >= 4 is 17.9 Å². The number of allylic oxidation sites excluding steroid dienone is 14. The van der Waals surface area contributed by atoms with E-state index in [0.717, 1.165) is 70.6 Å². The number of rotatable bonds is 44. The summed E-state index contributed by atoms with van der Waals surface area (Å²) in [5, 5.41) is 11.7. The first kappa shape index (κ1) is 59.5. The van der Waals surface area contributed by atoms with E-state index in [1.165, 1.54) is 77.0 Å². The first-order valence-corrected chi connectivity index (χ1v) is 24.7. The van der Waals surface area contributed by atoms with Crippen LogP contribution in [0.1, 0.15) is 181 Å². The highest BCUT2D eigenvalue weighted by Crippen LogP contribution is 2.13. The quantitative estimate of drug-likeness (QED) is 0.0196. The number of hydrogen-bond acceptors (Lipinski definition) is 8. The van der Waals surface area contributed by atoms with E-state index >= 15 is 0 Å². The second kappa shape index (κ2) is 45.1. The Kier molecular flexibility index (Phi) is 42.5. The Labute approximate surface area is 385 Å². The molecule has 2 atom stereocenters. The van der Waals surface area contributed by atoms with Gasteiger partial charge in [0.2, 0.25) is 0 Å². The maximum atomic E-state index is 12.7. The Hall–Kier alpha value is -3.53. The highest BCUT2D eigenvalue weighted by atomic mass is 16.7. The van der Waals surface area contributed by atoms with E-state index < -0.39 is 24.3 Å². The third-order valence-corrected chi connectivity index (χ3v) is 10.1. The summed E-state index contributed by atoms with van der Waals surface area (Å²) in [7, 11) is 5.88. The van der Waals surface area contributed by atoms with Crippen molar-refractivity contribution in [3.63, 3.8) is 0 Å². The lowest BCUT2D eigenvalue weighted by Gasteiger charge is -2.26. The predicted octanol–water partition coefficient (Wildman–Crippen LogP) is 12.3. The highest BCUT2D eigenvalue weighted by Gasteiger charge is 2.21. The Balaban J connectivity index is 4.35. The Morgan fingerprint density at radius 1 is 0.492 bits per heavy atom. The van der Waals surface area contributed by atoms with Crippen LogP contribution in [0.2, 0.25) is 0 Å². The zero-order chi connectivity index (χ0) is 46.3. The van der Waals surface area contributed by atoms with E-state index in [0.29, 0.717) is 17.4 Å². The van der Waals surface area contributed by atoms with E-state index in [1.54, 1.807) is 0 Å². The van der Waals surface area contributed by atoms with E-state index in [2.05, 4.69) is 86.8 Å². The number of carbonyl (C=O) groups excluding carboxylic acids is 3. The fourth-order valence-electron chi connectivity index (χ4n) is 6.32. The molecule has 0 amide bonds. The number of aliphatic carboxylic acids is 1. The molecule has 0 radical (unpaired) electrons. The zero-order valence-corrected chi connectivity index (χ0v) is 40.7. The predicted molar refractivity (Wildman–Crippen MR) is 260 cm³/mol. The molecule has 0 bridgehead atoms. The molecule has 0 aliphatic rings. The second-order valence-electron chi connectivity index (χ2n) is 17.4. The molecule has 0 spiro atoms. The Morgan fingerprint density at radius 3 is 1.41 bits per heavy atom. The molecular formula is C54H91NO8. The van der Waals surface area contributed by atoms with Gasteiger partial charge < -0.3 is 33.3 Å². The Morgan fingerprint density at radius 2 is 0.937 bits per heavy atom. The summed E-state index contributed by atoms with van der Waals surface area (Å²) in [6.45, 7) is 4.51. The van der Waals surface area contributed by atoms with E-state index in [9.17, 15) is 19.5 Å². The lowest BCUT2D eigenvalue weighted by atomic mass is 10.1. The molecule has 0 saturated heterocycles. The van der Waals surface area contributed by atoms with Crippen molar-refractivity contribution in [3.05, 3.63) is 85.1 Å². The molecule has 0 fully saturated rings. The van der Waals surface area contributed by atoms with Crippen LogP contribution in [-0.4, -0.2) is 82.3 Å². The number of carboxylic acid groups (broad SMARTS) is 1. The van der Waals surface area contributed by atoms with Crippen molar-refractivity contribution in [2.24, 2.45) is 0 Å². The maximum Gasteiger partial charge on any atom is 0.306 e.